The van der Waals surface area contributed by atoms with Crippen molar-refractivity contribution in [3.8, 4) is 0 Å². The van der Waals surface area contributed by atoms with Gasteiger partial charge in [-0.05, 0) is 17.9 Å². The molecule has 1 aromatic rings. The Labute approximate surface area is 109 Å². The minimum absolute atomic E-state index is 0.0728. The number of nitrogens with one attached hydrogen (secondary N) is 1. The topological polar surface area (TPSA) is 55.1 Å². The van der Waals surface area contributed by atoms with Crippen molar-refractivity contribution >= 4 is 5.91 Å². The summed E-state index contributed by atoms with van der Waals surface area (Å²) in [6.07, 6.45) is 2.61. The highest BCUT2D eigenvalue weighted by Crippen LogP contribution is 2.19. The lowest BCUT2D eigenvalue weighted by molar-refractivity contribution is -0.121. The molecule has 0 aliphatic heterocycles. The predicted octanol–water partition coefficient (Wildman–Crippen LogP) is 2.40. The van der Waals surface area contributed by atoms with Crippen LogP contribution >= 0.6 is 0 Å². The average Bonchev–Trinajstić information content (AvgIpc) is 2.34. The molecule has 0 aliphatic carbocycles. The Morgan fingerprint density at radius 1 is 1.39 bits per heavy atom. The molecule has 1 amide bonds. The van der Waals surface area contributed by atoms with E-state index in [1.807, 2.05) is 50.3 Å². The monoisotopic (exact) mass is 246 g/mol. The number of hydrogen-bond acceptors (Lipinski definition) is 2. The van der Waals surface area contributed by atoms with E-state index in [1.54, 1.807) is 0 Å². The molecule has 0 saturated carbocycles. The van der Waals surface area contributed by atoms with Gasteiger partial charge in [0, 0.05) is 6.04 Å². The van der Waals surface area contributed by atoms with E-state index in [-0.39, 0.29) is 23.9 Å². The van der Waals surface area contributed by atoms with E-state index in [1.165, 1.54) is 0 Å². The summed E-state index contributed by atoms with van der Waals surface area (Å²) >= 11 is 0. The number of amides is 1. The van der Waals surface area contributed by atoms with Gasteiger partial charge in [0.1, 0.15) is 0 Å². The Bertz CT molecular complexity index is 387. The van der Waals surface area contributed by atoms with E-state index in [4.69, 9.17) is 5.73 Å². The van der Waals surface area contributed by atoms with E-state index in [9.17, 15) is 4.79 Å². The van der Waals surface area contributed by atoms with Crippen LogP contribution in [0.5, 0.6) is 0 Å². The Hall–Kier alpha value is -1.61. The van der Waals surface area contributed by atoms with Crippen LogP contribution in [0.25, 0.3) is 0 Å². The van der Waals surface area contributed by atoms with Gasteiger partial charge >= 0.3 is 0 Å². The first-order chi connectivity index (χ1) is 8.56. The van der Waals surface area contributed by atoms with Crippen molar-refractivity contribution in [1.82, 2.24) is 5.32 Å². The molecule has 0 heterocycles. The summed E-state index contributed by atoms with van der Waals surface area (Å²) in [6.45, 7) is 7.74. The minimum Gasteiger partial charge on any atom is -0.368 e. The highest BCUT2D eigenvalue weighted by molar-refractivity contribution is 5.80. The maximum absolute atomic E-state index is 11.4. The molecule has 0 spiro atoms. The number of primary amides is 1. The van der Waals surface area contributed by atoms with Gasteiger partial charge in [-0.3, -0.25) is 10.1 Å². The zero-order valence-corrected chi connectivity index (χ0v) is 11.1. The molecule has 0 bridgehead atoms. The molecule has 1 unspecified atom stereocenters. The normalized spacial score (nSPS) is 14.2. The molecule has 3 nitrogen and oxygen atoms in total. The lowest BCUT2D eigenvalue weighted by Gasteiger charge is -2.26. The van der Waals surface area contributed by atoms with E-state index >= 15 is 0 Å². The van der Waals surface area contributed by atoms with Crippen LogP contribution in [0, 0.1) is 5.92 Å². The van der Waals surface area contributed by atoms with E-state index in [0.29, 0.717) is 0 Å². The lowest BCUT2D eigenvalue weighted by Crippen LogP contribution is -2.46. The quantitative estimate of drug-likeness (QED) is 0.726. The number of rotatable bonds is 7. The van der Waals surface area contributed by atoms with Crippen molar-refractivity contribution in [2.24, 2.45) is 11.7 Å². The van der Waals surface area contributed by atoms with Crippen molar-refractivity contribution in [1.29, 1.82) is 0 Å². The summed E-state index contributed by atoms with van der Waals surface area (Å²) in [6, 6.07) is 9.78. The number of benzene rings is 1. The summed E-state index contributed by atoms with van der Waals surface area (Å²) in [5, 5.41) is 3.32. The Morgan fingerprint density at radius 3 is 2.44 bits per heavy atom. The highest BCUT2D eigenvalue weighted by Gasteiger charge is 2.23. The third-order valence-electron chi connectivity index (χ3n) is 2.96. The minimum atomic E-state index is -0.324. The third kappa shape index (κ3) is 4.00. The molecule has 0 aliphatic rings. The number of nitrogens with two attached hydrogens (primary N) is 1. The van der Waals surface area contributed by atoms with Crippen molar-refractivity contribution in [2.45, 2.75) is 32.4 Å². The van der Waals surface area contributed by atoms with Crippen LogP contribution in [-0.4, -0.2) is 11.9 Å². The van der Waals surface area contributed by atoms with Crippen molar-refractivity contribution < 1.29 is 4.79 Å². The first-order valence-electron chi connectivity index (χ1n) is 6.27. The average molecular weight is 246 g/mol. The van der Waals surface area contributed by atoms with Crippen LogP contribution in [0.15, 0.2) is 43.0 Å². The van der Waals surface area contributed by atoms with Gasteiger partial charge in [0.2, 0.25) is 5.91 Å². The maximum atomic E-state index is 11.4. The first-order valence-corrected chi connectivity index (χ1v) is 6.27. The zero-order valence-electron chi connectivity index (χ0n) is 11.1. The van der Waals surface area contributed by atoms with Crippen LogP contribution in [-0.2, 0) is 4.79 Å². The first kappa shape index (κ1) is 14.5. The van der Waals surface area contributed by atoms with Gasteiger partial charge in [-0.1, -0.05) is 50.3 Å². The second kappa shape index (κ2) is 6.97. The zero-order chi connectivity index (χ0) is 13.5. The summed E-state index contributed by atoms with van der Waals surface area (Å²) in [5.41, 5.74) is 6.58. The molecule has 3 heteroatoms. The fraction of sp³-hybridized carbons (Fsp3) is 0.400. The van der Waals surface area contributed by atoms with E-state index in [2.05, 4.69) is 11.9 Å². The van der Waals surface area contributed by atoms with E-state index < -0.39 is 0 Å². The molecular formula is C15H22N2O. The standard InChI is InChI=1S/C15H22N2O/c1-4-8-13(12-9-6-5-7-10-12)17-14(11(2)3)15(16)18/h4-7,9-11,13-14,17H,1,8H2,2-3H3,(H2,16,18)/t13?,14-/m0/s1. The molecule has 0 fully saturated rings. The summed E-state index contributed by atoms with van der Waals surface area (Å²) in [5.74, 6) is -0.145. The van der Waals surface area contributed by atoms with Gasteiger partial charge < -0.3 is 5.73 Å². The molecule has 0 aromatic heterocycles. The molecule has 1 rings (SSSR count). The van der Waals surface area contributed by atoms with Gasteiger partial charge in [0.25, 0.3) is 0 Å². The van der Waals surface area contributed by atoms with Gasteiger partial charge in [-0.2, -0.15) is 0 Å². The lowest BCUT2D eigenvalue weighted by atomic mass is 9.98. The largest absolute Gasteiger partial charge is 0.368 e. The molecule has 0 saturated heterocycles. The number of carbonyl (C=O) groups is 1. The van der Waals surface area contributed by atoms with Crippen molar-refractivity contribution in [3.63, 3.8) is 0 Å². The van der Waals surface area contributed by atoms with Gasteiger partial charge in [0.05, 0.1) is 6.04 Å². The van der Waals surface area contributed by atoms with Crippen LogP contribution in [0.2, 0.25) is 0 Å². The van der Waals surface area contributed by atoms with Crippen LogP contribution < -0.4 is 11.1 Å². The van der Waals surface area contributed by atoms with Crippen LogP contribution in [0.1, 0.15) is 31.9 Å². The predicted molar refractivity (Wildman–Crippen MR) is 75.0 cm³/mol. The molecule has 3 N–H and O–H groups in total. The summed E-state index contributed by atoms with van der Waals surface area (Å²) in [7, 11) is 0. The van der Waals surface area contributed by atoms with Gasteiger partial charge in [-0.15, -0.1) is 6.58 Å². The summed E-state index contributed by atoms with van der Waals surface area (Å²) < 4.78 is 0. The fourth-order valence-corrected chi connectivity index (χ4v) is 1.97. The smallest absolute Gasteiger partial charge is 0.234 e. The number of hydrogen-bond donors (Lipinski definition) is 2. The second-order valence-corrected chi connectivity index (χ2v) is 4.78. The highest BCUT2D eigenvalue weighted by atomic mass is 16.1. The van der Waals surface area contributed by atoms with Crippen LogP contribution in [0.4, 0.5) is 0 Å². The molecular weight excluding hydrogens is 224 g/mol. The third-order valence-corrected chi connectivity index (χ3v) is 2.96. The SMILES string of the molecule is C=CCC(N[C@H](C(N)=O)C(C)C)c1ccccc1. The molecule has 18 heavy (non-hydrogen) atoms. The van der Waals surface area contributed by atoms with Gasteiger partial charge in [0.15, 0.2) is 0 Å². The Morgan fingerprint density at radius 2 is 2.00 bits per heavy atom. The molecule has 1 aromatic carbocycles. The molecule has 2 atom stereocenters. The number of carbonyl (C=O) groups excluding carboxylic acids is 1. The van der Waals surface area contributed by atoms with Crippen LogP contribution in [0.3, 0.4) is 0 Å². The fourth-order valence-electron chi connectivity index (χ4n) is 1.97. The van der Waals surface area contributed by atoms with Crippen molar-refractivity contribution in [3.05, 3.63) is 48.6 Å². The van der Waals surface area contributed by atoms with Crippen molar-refractivity contribution in [2.75, 3.05) is 0 Å². The molecule has 98 valence electrons. The maximum Gasteiger partial charge on any atom is 0.234 e. The Kier molecular flexibility index (Phi) is 5.59. The van der Waals surface area contributed by atoms with Gasteiger partial charge in [-0.25, -0.2) is 0 Å². The molecule has 0 radical (unpaired) electrons. The van der Waals surface area contributed by atoms with E-state index in [0.717, 1.165) is 12.0 Å². The summed E-state index contributed by atoms with van der Waals surface area (Å²) in [4.78, 5) is 11.4. The second-order valence-electron chi connectivity index (χ2n) is 4.78. The Balaban J connectivity index is 2.86.